The molecule has 2 aromatic carbocycles. The van der Waals surface area contributed by atoms with E-state index in [9.17, 15) is 19.5 Å². The van der Waals surface area contributed by atoms with Crippen LogP contribution in [0.15, 0.2) is 48.5 Å². The minimum absolute atomic E-state index is 0.00636. The third-order valence-corrected chi connectivity index (χ3v) is 7.04. The Morgan fingerprint density at radius 3 is 2.34 bits per heavy atom. The first kappa shape index (κ1) is 26.2. The van der Waals surface area contributed by atoms with Crippen LogP contribution >= 0.6 is 11.6 Å². The summed E-state index contributed by atoms with van der Waals surface area (Å²) < 4.78 is 0. The summed E-state index contributed by atoms with van der Waals surface area (Å²) in [6.07, 6.45) is 3.15. The van der Waals surface area contributed by atoms with Gasteiger partial charge in [0.05, 0.1) is 5.56 Å². The Bertz CT molecular complexity index is 1100. The molecular formula is C25H28ClN3O6. The molecule has 4 rings (SSSR count). The minimum atomic E-state index is -1.07. The molecule has 10 heteroatoms. The molecule has 1 aliphatic heterocycles. The van der Waals surface area contributed by atoms with Crippen LogP contribution in [0.4, 0.5) is 5.69 Å². The quantitative estimate of drug-likeness (QED) is 0.535. The van der Waals surface area contributed by atoms with Gasteiger partial charge in [-0.3, -0.25) is 14.4 Å². The number of hydrogen-bond acceptors (Lipinski definition) is 5. The van der Waals surface area contributed by atoms with Crippen molar-refractivity contribution in [2.24, 2.45) is 5.73 Å². The second-order valence-electron chi connectivity index (χ2n) is 8.69. The molecule has 2 fully saturated rings. The van der Waals surface area contributed by atoms with Crippen LogP contribution < -0.4 is 10.6 Å². The largest absolute Gasteiger partial charge is 0.483 e. The highest BCUT2D eigenvalue weighted by Crippen LogP contribution is 2.41. The Balaban J connectivity index is 0.00000108. The van der Waals surface area contributed by atoms with E-state index >= 15 is 0 Å². The van der Waals surface area contributed by atoms with Crippen molar-refractivity contribution in [2.75, 3.05) is 24.5 Å². The molecule has 0 bridgehead atoms. The first-order chi connectivity index (χ1) is 16.7. The lowest BCUT2D eigenvalue weighted by Gasteiger charge is -2.45. The number of carboxylic acids is 1. The fourth-order valence-electron chi connectivity index (χ4n) is 4.90. The number of nitrogens with zero attached hydrogens (tertiary/aromatic N) is 2. The Labute approximate surface area is 208 Å². The fourth-order valence-corrected chi connectivity index (χ4v) is 5.09. The van der Waals surface area contributed by atoms with Crippen LogP contribution in [0.5, 0.6) is 0 Å². The lowest BCUT2D eigenvalue weighted by molar-refractivity contribution is -0.141. The van der Waals surface area contributed by atoms with E-state index in [0.29, 0.717) is 17.3 Å². The average Bonchev–Trinajstić information content (AvgIpc) is 2.86. The number of anilines is 1. The second kappa shape index (κ2) is 11.3. The molecule has 0 radical (unpaired) electrons. The van der Waals surface area contributed by atoms with Gasteiger partial charge in [0.2, 0.25) is 11.8 Å². The summed E-state index contributed by atoms with van der Waals surface area (Å²) >= 11 is 6.19. The van der Waals surface area contributed by atoms with Crippen molar-refractivity contribution in [1.29, 1.82) is 0 Å². The highest BCUT2D eigenvalue weighted by Gasteiger charge is 2.41. The number of nitrogens with two attached hydrogens (primary N) is 1. The molecule has 2 amide bonds. The van der Waals surface area contributed by atoms with Crippen molar-refractivity contribution in [3.63, 3.8) is 0 Å². The highest BCUT2D eigenvalue weighted by atomic mass is 35.5. The molecule has 0 aromatic heterocycles. The number of rotatable bonds is 5. The summed E-state index contributed by atoms with van der Waals surface area (Å²) in [5, 5.41) is 16.8. The van der Waals surface area contributed by atoms with Gasteiger partial charge >= 0.3 is 5.97 Å². The maximum atomic E-state index is 13.0. The van der Waals surface area contributed by atoms with Crippen molar-refractivity contribution >= 4 is 41.5 Å². The number of hydrogen-bond donors (Lipinski definition) is 3. The van der Waals surface area contributed by atoms with E-state index in [-0.39, 0.29) is 48.4 Å². The van der Waals surface area contributed by atoms with E-state index in [1.165, 1.54) is 17.0 Å². The summed E-state index contributed by atoms with van der Waals surface area (Å²) in [5.74, 6) is -1.41. The molecule has 0 spiro atoms. The molecule has 35 heavy (non-hydrogen) atoms. The number of carbonyl (C=O) groups excluding carboxylic acids is 2. The van der Waals surface area contributed by atoms with Crippen LogP contribution in [-0.4, -0.2) is 65.0 Å². The van der Waals surface area contributed by atoms with Crippen molar-refractivity contribution in [1.82, 2.24) is 4.90 Å². The second-order valence-corrected chi connectivity index (χ2v) is 9.12. The summed E-state index contributed by atoms with van der Waals surface area (Å²) in [5.41, 5.74) is 7.64. The van der Waals surface area contributed by atoms with Gasteiger partial charge in [-0.1, -0.05) is 29.8 Å². The molecule has 0 atom stereocenters. The van der Waals surface area contributed by atoms with Gasteiger partial charge in [0.15, 0.2) is 0 Å². The Kier molecular flexibility index (Phi) is 8.48. The zero-order chi connectivity index (χ0) is 25.6. The Morgan fingerprint density at radius 1 is 1.09 bits per heavy atom. The first-order valence-electron chi connectivity index (χ1n) is 11.2. The predicted octanol–water partition coefficient (Wildman–Crippen LogP) is 2.75. The molecule has 1 saturated heterocycles. The number of benzene rings is 2. The molecule has 2 aliphatic rings. The lowest BCUT2D eigenvalue weighted by atomic mass is 9.68. The normalized spacial score (nSPS) is 22.3. The standard InChI is InChI=1S/C24H26ClN3O4.CH2O2/c25-18-5-2-4-17(12-18)24(15-26)9-7-19(8-10-24)27-13-22(30)28(14-21(27)29)20-6-1-3-16(11-20)23(31)32;2-1-3/h1-6,11-12,19H,7-10,13-15,26H2,(H,31,32);1H,(H,2,3). The van der Waals surface area contributed by atoms with Gasteiger partial charge in [-0.25, -0.2) is 4.79 Å². The first-order valence-corrected chi connectivity index (χ1v) is 11.6. The number of carboxylic acid groups (broad SMARTS) is 2. The number of carbonyl (C=O) groups is 4. The van der Waals surface area contributed by atoms with Gasteiger partial charge in [-0.15, -0.1) is 0 Å². The Morgan fingerprint density at radius 2 is 1.74 bits per heavy atom. The summed E-state index contributed by atoms with van der Waals surface area (Å²) in [7, 11) is 0. The summed E-state index contributed by atoms with van der Waals surface area (Å²) in [6, 6.07) is 13.9. The molecule has 9 nitrogen and oxygen atoms in total. The molecule has 1 aliphatic carbocycles. The molecule has 1 heterocycles. The molecule has 186 valence electrons. The third-order valence-electron chi connectivity index (χ3n) is 6.81. The van der Waals surface area contributed by atoms with Crippen LogP contribution in [0.3, 0.4) is 0 Å². The van der Waals surface area contributed by atoms with Gasteiger partial charge < -0.3 is 25.7 Å². The van der Waals surface area contributed by atoms with Crippen LogP contribution in [0.1, 0.15) is 41.6 Å². The molecule has 0 unspecified atom stereocenters. The fraction of sp³-hybridized carbons (Fsp3) is 0.360. The monoisotopic (exact) mass is 501 g/mol. The predicted molar refractivity (Wildman–Crippen MR) is 131 cm³/mol. The molecule has 2 aromatic rings. The van der Waals surface area contributed by atoms with E-state index in [2.05, 4.69) is 6.07 Å². The maximum Gasteiger partial charge on any atom is 0.335 e. The third kappa shape index (κ3) is 5.80. The summed E-state index contributed by atoms with van der Waals surface area (Å²) in [6.45, 7) is 0.156. The topological polar surface area (TPSA) is 141 Å². The average molecular weight is 502 g/mol. The van der Waals surface area contributed by atoms with Gasteiger partial charge in [0, 0.05) is 28.7 Å². The van der Waals surface area contributed by atoms with Gasteiger partial charge in [0.1, 0.15) is 13.1 Å². The van der Waals surface area contributed by atoms with Gasteiger partial charge in [0.25, 0.3) is 6.47 Å². The zero-order valence-corrected chi connectivity index (χ0v) is 19.9. The highest BCUT2D eigenvalue weighted by molar-refractivity contribution is 6.30. The van der Waals surface area contributed by atoms with Gasteiger partial charge in [-0.2, -0.15) is 0 Å². The van der Waals surface area contributed by atoms with E-state index in [4.69, 9.17) is 27.2 Å². The zero-order valence-electron chi connectivity index (χ0n) is 19.1. The number of aromatic carboxylic acids is 1. The SMILES string of the molecule is NCC1(c2cccc(Cl)c2)CCC(N2CC(=O)N(c3cccc(C(=O)O)c3)CC2=O)CC1.O=CO. The van der Waals surface area contributed by atoms with Crippen LogP contribution in [0.25, 0.3) is 0 Å². The van der Waals surface area contributed by atoms with Gasteiger partial charge in [-0.05, 0) is 61.6 Å². The minimum Gasteiger partial charge on any atom is -0.483 e. The van der Waals surface area contributed by atoms with Crippen molar-refractivity contribution < 1.29 is 29.4 Å². The van der Waals surface area contributed by atoms with Crippen molar-refractivity contribution in [3.8, 4) is 0 Å². The number of piperazine rings is 1. The summed E-state index contributed by atoms with van der Waals surface area (Å²) in [4.78, 5) is 48.5. The van der Waals surface area contributed by atoms with Crippen LogP contribution in [-0.2, 0) is 19.8 Å². The van der Waals surface area contributed by atoms with Crippen molar-refractivity contribution in [2.45, 2.75) is 37.1 Å². The maximum absolute atomic E-state index is 13.0. The van der Waals surface area contributed by atoms with E-state index in [1.54, 1.807) is 17.0 Å². The van der Waals surface area contributed by atoms with Crippen molar-refractivity contribution in [3.05, 3.63) is 64.7 Å². The number of amides is 2. The molecule has 1 saturated carbocycles. The van der Waals surface area contributed by atoms with Crippen LogP contribution in [0, 0.1) is 0 Å². The molecular weight excluding hydrogens is 474 g/mol. The molecule has 4 N–H and O–H groups in total. The van der Waals surface area contributed by atoms with E-state index < -0.39 is 5.97 Å². The number of halogens is 1. The lowest BCUT2D eigenvalue weighted by Crippen LogP contribution is -2.58. The van der Waals surface area contributed by atoms with Crippen LogP contribution in [0.2, 0.25) is 5.02 Å². The van der Waals surface area contributed by atoms with E-state index in [0.717, 1.165) is 31.2 Å². The van der Waals surface area contributed by atoms with E-state index in [1.807, 2.05) is 18.2 Å². The smallest absolute Gasteiger partial charge is 0.335 e. The Hall–Kier alpha value is -3.43.